The van der Waals surface area contributed by atoms with Crippen LogP contribution in [0.1, 0.15) is 0 Å². The van der Waals surface area contributed by atoms with E-state index in [4.69, 9.17) is 9.97 Å². The summed E-state index contributed by atoms with van der Waals surface area (Å²) >= 11 is 1.77. The largest absolute Gasteiger partial charge is 0.228 e. The average molecular weight is 793 g/mol. The summed E-state index contributed by atoms with van der Waals surface area (Å²) in [6, 6.07) is 78.9. The third kappa shape index (κ3) is 6.18. The Morgan fingerprint density at radius 2 is 0.852 bits per heavy atom. The Labute approximate surface area is 357 Å². The van der Waals surface area contributed by atoms with E-state index in [9.17, 15) is 0 Å². The molecule has 61 heavy (non-hydrogen) atoms. The Hall–Kier alpha value is -7.72. The van der Waals surface area contributed by atoms with Crippen molar-refractivity contribution in [3.63, 3.8) is 0 Å². The summed E-state index contributed by atoms with van der Waals surface area (Å²) in [5.41, 5.74) is 11.2. The molecule has 2 heterocycles. The molecule has 12 aromatic rings. The Bertz CT molecular complexity index is 3590. The predicted octanol–water partition coefficient (Wildman–Crippen LogP) is 16.3. The highest BCUT2D eigenvalue weighted by Gasteiger charge is 2.16. The monoisotopic (exact) mass is 792 g/mol. The van der Waals surface area contributed by atoms with Gasteiger partial charge in [-0.1, -0.05) is 194 Å². The molecule has 0 aliphatic rings. The fourth-order valence-corrected chi connectivity index (χ4v) is 10.1. The molecule has 0 radical (unpaired) electrons. The number of aromatic nitrogens is 2. The first kappa shape index (κ1) is 35.2. The maximum absolute atomic E-state index is 5.11. The van der Waals surface area contributed by atoms with E-state index >= 15 is 0 Å². The molecule has 0 unspecified atom stereocenters. The van der Waals surface area contributed by atoms with E-state index in [1.807, 2.05) is 18.2 Å². The molecule has 0 amide bonds. The minimum Gasteiger partial charge on any atom is -0.228 e. The molecule has 0 aliphatic heterocycles. The predicted molar refractivity (Wildman–Crippen MR) is 260 cm³/mol. The molecular weight excluding hydrogens is 757 g/mol. The average Bonchev–Trinajstić information content (AvgIpc) is 3.78. The lowest BCUT2D eigenvalue weighted by atomic mass is 9.88. The Morgan fingerprint density at radius 1 is 0.295 bits per heavy atom. The summed E-state index contributed by atoms with van der Waals surface area (Å²) in [6.07, 6.45) is 0. The van der Waals surface area contributed by atoms with Crippen LogP contribution in [0.4, 0.5) is 0 Å². The molecule has 2 aromatic heterocycles. The Kier molecular flexibility index (Phi) is 8.39. The number of benzene rings is 10. The second-order valence-electron chi connectivity index (χ2n) is 15.7. The van der Waals surface area contributed by atoms with Gasteiger partial charge in [0.05, 0.1) is 16.3 Å². The maximum atomic E-state index is 5.11. The number of nitrogens with zero attached hydrogens (tertiary/aromatic N) is 2. The van der Waals surface area contributed by atoms with E-state index in [1.165, 1.54) is 86.6 Å². The smallest absolute Gasteiger partial charge is 0.160 e. The van der Waals surface area contributed by atoms with Crippen molar-refractivity contribution in [3.8, 4) is 66.6 Å². The third-order valence-electron chi connectivity index (χ3n) is 12.1. The van der Waals surface area contributed by atoms with Gasteiger partial charge < -0.3 is 0 Å². The first-order valence-corrected chi connectivity index (χ1v) is 21.5. The summed E-state index contributed by atoms with van der Waals surface area (Å²) in [5.74, 6) is 0.725. The summed E-state index contributed by atoms with van der Waals surface area (Å²) in [7, 11) is 0. The van der Waals surface area contributed by atoms with Gasteiger partial charge in [-0.15, -0.1) is 11.3 Å². The maximum Gasteiger partial charge on any atom is 0.160 e. The van der Waals surface area contributed by atoms with E-state index in [0.29, 0.717) is 0 Å². The number of hydrogen-bond acceptors (Lipinski definition) is 3. The molecule has 0 saturated carbocycles. The van der Waals surface area contributed by atoms with Crippen LogP contribution in [0.25, 0.3) is 120 Å². The van der Waals surface area contributed by atoms with Gasteiger partial charge in [0.15, 0.2) is 5.82 Å². The molecule has 0 atom stereocenters. The van der Waals surface area contributed by atoms with Gasteiger partial charge in [-0.3, -0.25) is 0 Å². The molecule has 10 aromatic carbocycles. The summed E-state index contributed by atoms with van der Waals surface area (Å²) in [4.78, 5) is 11.3. The fraction of sp³-hybridized carbons (Fsp3) is 0. The lowest BCUT2D eigenvalue weighted by Gasteiger charge is -2.15. The molecule has 12 rings (SSSR count). The van der Waals surface area contributed by atoms with E-state index in [0.717, 1.165) is 33.2 Å². The quantitative estimate of drug-likeness (QED) is 0.124. The van der Waals surface area contributed by atoms with E-state index in [2.05, 4.69) is 200 Å². The molecule has 0 bridgehead atoms. The van der Waals surface area contributed by atoms with Gasteiger partial charge in [-0.05, 0) is 106 Å². The number of fused-ring (bicyclic) bond motifs is 6. The van der Waals surface area contributed by atoms with Gasteiger partial charge in [-0.25, -0.2) is 9.97 Å². The molecular formula is C58H36N2S. The topological polar surface area (TPSA) is 25.8 Å². The van der Waals surface area contributed by atoms with Crippen LogP contribution in [0, 0.1) is 0 Å². The summed E-state index contributed by atoms with van der Waals surface area (Å²) in [5, 5.41) is 11.3. The standard InChI is InChI=1S/C58H36N2S/c1-2-13-42(14-3-1)58-59-53(36-54(60-58)56-35-44-16-6-11-21-55(44)61-56)40-26-22-38(23-27-40)46-32-33-47(50-20-10-9-19-49(46)50)39-24-28-41(29-25-39)57-48-18-8-5-15-43(48)34-52-45-17-7-4-12-37(45)30-31-51(52)57/h1-36H. The Balaban J connectivity index is 0.910. The number of thiophene rings is 1. The second-order valence-corrected chi connectivity index (χ2v) is 16.8. The SMILES string of the molecule is c1ccc(-c2nc(-c3ccc(-c4ccc(-c5ccc(-c6c7ccccc7cc7c6ccc6ccccc67)cc5)c5ccccc45)cc3)cc(-c3cc4ccccc4s3)n2)cc1. The van der Waals surface area contributed by atoms with E-state index in [1.54, 1.807) is 11.3 Å². The zero-order valence-corrected chi connectivity index (χ0v) is 33.9. The van der Waals surface area contributed by atoms with Crippen LogP contribution in [-0.2, 0) is 0 Å². The van der Waals surface area contributed by atoms with Crippen molar-refractivity contribution in [3.05, 3.63) is 218 Å². The van der Waals surface area contributed by atoms with Crippen molar-refractivity contribution in [1.29, 1.82) is 0 Å². The minimum atomic E-state index is 0.725. The van der Waals surface area contributed by atoms with Crippen molar-refractivity contribution in [2.75, 3.05) is 0 Å². The van der Waals surface area contributed by atoms with Gasteiger partial charge in [0, 0.05) is 15.8 Å². The first-order chi connectivity index (χ1) is 30.2. The van der Waals surface area contributed by atoms with Gasteiger partial charge in [0.1, 0.15) is 0 Å². The minimum absolute atomic E-state index is 0.725. The van der Waals surface area contributed by atoms with Crippen molar-refractivity contribution < 1.29 is 0 Å². The lowest BCUT2D eigenvalue weighted by molar-refractivity contribution is 1.19. The van der Waals surface area contributed by atoms with Gasteiger partial charge >= 0.3 is 0 Å². The number of hydrogen-bond donors (Lipinski definition) is 0. The van der Waals surface area contributed by atoms with Crippen LogP contribution < -0.4 is 0 Å². The molecule has 284 valence electrons. The molecule has 0 aliphatic carbocycles. The lowest BCUT2D eigenvalue weighted by Crippen LogP contribution is -1.95. The van der Waals surface area contributed by atoms with Gasteiger partial charge in [0.25, 0.3) is 0 Å². The Morgan fingerprint density at radius 3 is 1.56 bits per heavy atom. The van der Waals surface area contributed by atoms with Crippen LogP contribution >= 0.6 is 11.3 Å². The van der Waals surface area contributed by atoms with E-state index < -0.39 is 0 Å². The molecule has 0 spiro atoms. The summed E-state index contributed by atoms with van der Waals surface area (Å²) in [6.45, 7) is 0. The zero-order valence-electron chi connectivity index (χ0n) is 33.1. The molecule has 2 nitrogen and oxygen atoms in total. The zero-order chi connectivity index (χ0) is 40.3. The molecule has 0 fully saturated rings. The van der Waals surface area contributed by atoms with Crippen molar-refractivity contribution >= 4 is 64.5 Å². The fourth-order valence-electron chi connectivity index (χ4n) is 9.12. The molecule has 3 heteroatoms. The van der Waals surface area contributed by atoms with Crippen LogP contribution in [0.5, 0.6) is 0 Å². The molecule has 0 saturated heterocycles. The second kappa shape index (κ2) is 14.5. The molecule has 0 N–H and O–H groups in total. The van der Waals surface area contributed by atoms with Crippen molar-refractivity contribution in [1.82, 2.24) is 9.97 Å². The van der Waals surface area contributed by atoms with Crippen LogP contribution in [0.15, 0.2) is 218 Å². The third-order valence-corrected chi connectivity index (χ3v) is 13.2. The van der Waals surface area contributed by atoms with Crippen molar-refractivity contribution in [2.24, 2.45) is 0 Å². The van der Waals surface area contributed by atoms with Crippen molar-refractivity contribution in [2.45, 2.75) is 0 Å². The number of rotatable bonds is 6. The van der Waals surface area contributed by atoms with Gasteiger partial charge in [-0.2, -0.15) is 0 Å². The first-order valence-electron chi connectivity index (χ1n) is 20.7. The highest BCUT2D eigenvalue weighted by molar-refractivity contribution is 7.22. The van der Waals surface area contributed by atoms with Gasteiger partial charge in [0.2, 0.25) is 0 Å². The van der Waals surface area contributed by atoms with Crippen LogP contribution in [-0.4, -0.2) is 9.97 Å². The highest BCUT2D eigenvalue weighted by atomic mass is 32.1. The normalized spacial score (nSPS) is 11.6. The van der Waals surface area contributed by atoms with Crippen LogP contribution in [0.3, 0.4) is 0 Å². The highest BCUT2D eigenvalue weighted by Crippen LogP contribution is 2.42. The van der Waals surface area contributed by atoms with Crippen LogP contribution in [0.2, 0.25) is 0 Å². The van der Waals surface area contributed by atoms with E-state index in [-0.39, 0.29) is 0 Å². The summed E-state index contributed by atoms with van der Waals surface area (Å²) < 4.78 is 1.25.